The third-order valence-corrected chi connectivity index (χ3v) is 3.49. The molecule has 3 nitrogen and oxygen atoms in total. The van der Waals surface area contributed by atoms with E-state index in [2.05, 4.69) is 9.88 Å². The number of aromatic nitrogens is 1. The van der Waals surface area contributed by atoms with Gasteiger partial charge in [-0.3, -0.25) is 4.79 Å². The first-order valence-corrected chi connectivity index (χ1v) is 6.64. The fourth-order valence-electron chi connectivity index (χ4n) is 2.12. The lowest BCUT2D eigenvalue weighted by Gasteiger charge is -2.06. The highest BCUT2D eigenvalue weighted by Gasteiger charge is 2.22. The fraction of sp³-hybridized carbons (Fsp3) is 0.357. The van der Waals surface area contributed by atoms with Crippen molar-refractivity contribution in [1.29, 1.82) is 0 Å². The van der Waals surface area contributed by atoms with Crippen molar-refractivity contribution in [2.24, 2.45) is 0 Å². The number of benzene rings is 1. The Bertz CT molecular complexity index is 586. The summed E-state index contributed by atoms with van der Waals surface area (Å²) in [5.41, 5.74) is 1.12. The summed E-state index contributed by atoms with van der Waals surface area (Å²) in [6.07, 6.45) is 4.81. The van der Waals surface area contributed by atoms with Gasteiger partial charge in [0.15, 0.2) is 0 Å². The van der Waals surface area contributed by atoms with Crippen molar-refractivity contribution in [1.82, 2.24) is 9.88 Å². The van der Waals surface area contributed by atoms with Gasteiger partial charge in [0, 0.05) is 41.1 Å². The molecule has 0 spiro atoms. The summed E-state index contributed by atoms with van der Waals surface area (Å²) < 4.78 is 2.10. The van der Waals surface area contributed by atoms with E-state index in [0.29, 0.717) is 19.0 Å². The van der Waals surface area contributed by atoms with Gasteiger partial charge in [-0.15, -0.1) is 0 Å². The van der Waals surface area contributed by atoms with Crippen LogP contribution >= 0.6 is 11.6 Å². The number of halogens is 1. The second-order valence-corrected chi connectivity index (χ2v) is 5.24. The molecular weight excluding hydrogens is 248 g/mol. The quantitative estimate of drug-likeness (QED) is 0.903. The first-order valence-electron chi connectivity index (χ1n) is 6.26. The molecule has 1 heterocycles. The first kappa shape index (κ1) is 11.6. The highest BCUT2D eigenvalue weighted by atomic mass is 35.5. The molecule has 1 saturated carbocycles. The van der Waals surface area contributed by atoms with Crippen LogP contribution in [-0.4, -0.2) is 16.5 Å². The Kier molecular flexibility index (Phi) is 3.00. The molecular formula is C14H15ClN2O. The second kappa shape index (κ2) is 4.65. The molecule has 0 bridgehead atoms. The van der Waals surface area contributed by atoms with Crippen LogP contribution in [0.15, 0.2) is 30.5 Å². The molecule has 1 aromatic heterocycles. The molecule has 3 rings (SSSR count). The number of hydrogen-bond donors (Lipinski definition) is 1. The van der Waals surface area contributed by atoms with Gasteiger partial charge in [-0.05, 0) is 37.1 Å². The van der Waals surface area contributed by atoms with Crippen molar-refractivity contribution in [3.63, 3.8) is 0 Å². The third kappa shape index (κ3) is 2.51. The van der Waals surface area contributed by atoms with Crippen molar-refractivity contribution in [2.45, 2.75) is 31.8 Å². The molecule has 0 saturated heterocycles. The van der Waals surface area contributed by atoms with E-state index in [0.717, 1.165) is 28.8 Å². The molecule has 1 N–H and O–H groups in total. The number of rotatable bonds is 4. The highest BCUT2D eigenvalue weighted by molar-refractivity contribution is 6.31. The molecule has 1 aliphatic rings. The minimum atomic E-state index is 0.147. The van der Waals surface area contributed by atoms with Gasteiger partial charge in [-0.25, -0.2) is 0 Å². The molecule has 0 atom stereocenters. The number of hydrogen-bond acceptors (Lipinski definition) is 1. The third-order valence-electron chi connectivity index (χ3n) is 3.26. The average molecular weight is 263 g/mol. The van der Waals surface area contributed by atoms with Crippen LogP contribution in [0.3, 0.4) is 0 Å². The molecule has 0 radical (unpaired) electrons. The summed E-state index contributed by atoms with van der Waals surface area (Å²) in [6.45, 7) is 0.712. The van der Waals surface area contributed by atoms with Gasteiger partial charge < -0.3 is 9.88 Å². The van der Waals surface area contributed by atoms with E-state index in [1.54, 1.807) is 0 Å². The normalized spacial score (nSPS) is 14.9. The Hall–Kier alpha value is -1.48. The van der Waals surface area contributed by atoms with E-state index >= 15 is 0 Å². The van der Waals surface area contributed by atoms with Gasteiger partial charge in [0.05, 0.1) is 0 Å². The van der Waals surface area contributed by atoms with Crippen molar-refractivity contribution in [3.05, 3.63) is 35.5 Å². The molecule has 1 amide bonds. The molecule has 18 heavy (non-hydrogen) atoms. The Morgan fingerprint density at radius 3 is 3.00 bits per heavy atom. The predicted molar refractivity (Wildman–Crippen MR) is 72.7 cm³/mol. The zero-order valence-electron chi connectivity index (χ0n) is 10.0. The smallest absolute Gasteiger partial charge is 0.222 e. The molecule has 1 aromatic carbocycles. The minimum absolute atomic E-state index is 0.147. The topological polar surface area (TPSA) is 34.0 Å². The van der Waals surface area contributed by atoms with Crippen LogP contribution in [0, 0.1) is 0 Å². The number of carbonyl (C=O) groups is 1. The fourth-order valence-corrected chi connectivity index (χ4v) is 2.30. The van der Waals surface area contributed by atoms with Crippen molar-refractivity contribution in [2.75, 3.05) is 0 Å². The van der Waals surface area contributed by atoms with Crippen LogP contribution in [0.4, 0.5) is 0 Å². The minimum Gasteiger partial charge on any atom is -0.353 e. The van der Waals surface area contributed by atoms with Gasteiger partial charge in [0.2, 0.25) is 5.91 Å². The van der Waals surface area contributed by atoms with Gasteiger partial charge >= 0.3 is 0 Å². The highest BCUT2D eigenvalue weighted by Crippen LogP contribution is 2.21. The standard InChI is InChI=1S/C14H15ClN2O/c15-11-1-4-13-10(9-11)5-7-17(13)8-6-14(18)16-12-2-3-12/h1,4-5,7,9,12H,2-3,6,8H2,(H,16,18). The van der Waals surface area contributed by atoms with E-state index in [4.69, 9.17) is 11.6 Å². The number of carbonyl (C=O) groups excluding carboxylic acids is 1. The van der Waals surface area contributed by atoms with Crippen LogP contribution in [-0.2, 0) is 11.3 Å². The Morgan fingerprint density at radius 1 is 1.39 bits per heavy atom. The summed E-state index contributed by atoms with van der Waals surface area (Å²) in [5.74, 6) is 0.147. The summed E-state index contributed by atoms with van der Waals surface area (Å²) in [7, 11) is 0. The maximum atomic E-state index is 11.6. The van der Waals surface area contributed by atoms with Gasteiger partial charge in [0.25, 0.3) is 0 Å². The van der Waals surface area contributed by atoms with Crippen LogP contribution in [0.2, 0.25) is 5.02 Å². The lowest BCUT2D eigenvalue weighted by Crippen LogP contribution is -2.26. The summed E-state index contributed by atoms with van der Waals surface area (Å²) in [6, 6.07) is 8.29. The van der Waals surface area contributed by atoms with Gasteiger partial charge in [-0.1, -0.05) is 11.6 Å². The molecule has 1 aliphatic carbocycles. The SMILES string of the molecule is O=C(CCn1ccc2cc(Cl)ccc21)NC1CC1. The molecule has 0 unspecified atom stereocenters. The van der Waals surface area contributed by atoms with Crippen LogP contribution in [0.1, 0.15) is 19.3 Å². The summed E-state index contributed by atoms with van der Waals surface area (Å²) >= 11 is 5.95. The summed E-state index contributed by atoms with van der Waals surface area (Å²) in [5, 5.41) is 4.86. The average Bonchev–Trinajstić information content (AvgIpc) is 3.06. The van der Waals surface area contributed by atoms with E-state index < -0.39 is 0 Å². The Labute approximate surface area is 111 Å². The molecule has 2 aromatic rings. The molecule has 1 fully saturated rings. The van der Waals surface area contributed by atoms with Crippen LogP contribution < -0.4 is 5.32 Å². The first-order chi connectivity index (χ1) is 8.72. The predicted octanol–water partition coefficient (Wildman–Crippen LogP) is 2.96. The van der Waals surface area contributed by atoms with E-state index in [1.165, 1.54) is 0 Å². The zero-order valence-corrected chi connectivity index (χ0v) is 10.8. The Balaban J connectivity index is 1.68. The van der Waals surface area contributed by atoms with Crippen LogP contribution in [0.5, 0.6) is 0 Å². The van der Waals surface area contributed by atoms with Gasteiger partial charge in [-0.2, -0.15) is 0 Å². The number of amides is 1. The van der Waals surface area contributed by atoms with Crippen LogP contribution in [0.25, 0.3) is 10.9 Å². The number of nitrogens with one attached hydrogen (secondary N) is 1. The van der Waals surface area contributed by atoms with E-state index in [-0.39, 0.29) is 5.91 Å². The maximum absolute atomic E-state index is 11.6. The number of fused-ring (bicyclic) bond motifs is 1. The molecule has 0 aliphatic heterocycles. The Morgan fingerprint density at radius 2 is 2.22 bits per heavy atom. The van der Waals surface area contributed by atoms with Crippen molar-refractivity contribution < 1.29 is 4.79 Å². The summed E-state index contributed by atoms with van der Waals surface area (Å²) in [4.78, 5) is 11.6. The van der Waals surface area contributed by atoms with E-state index in [1.807, 2.05) is 30.5 Å². The van der Waals surface area contributed by atoms with Crippen molar-refractivity contribution >= 4 is 28.4 Å². The number of nitrogens with zero attached hydrogens (tertiary/aromatic N) is 1. The lowest BCUT2D eigenvalue weighted by molar-refractivity contribution is -0.121. The van der Waals surface area contributed by atoms with Crippen molar-refractivity contribution in [3.8, 4) is 0 Å². The lowest BCUT2D eigenvalue weighted by atomic mass is 10.2. The van der Waals surface area contributed by atoms with Gasteiger partial charge in [0.1, 0.15) is 0 Å². The molecule has 94 valence electrons. The number of aryl methyl sites for hydroxylation is 1. The van der Waals surface area contributed by atoms with E-state index in [9.17, 15) is 4.79 Å². The second-order valence-electron chi connectivity index (χ2n) is 4.80. The largest absolute Gasteiger partial charge is 0.353 e. The maximum Gasteiger partial charge on any atom is 0.222 e. The monoisotopic (exact) mass is 262 g/mol. The molecule has 4 heteroatoms. The zero-order chi connectivity index (χ0) is 12.5.